The van der Waals surface area contributed by atoms with E-state index in [1.54, 1.807) is 20.9 Å². The number of rotatable bonds is 5. The summed E-state index contributed by atoms with van der Waals surface area (Å²) in [5, 5.41) is 2.65. The van der Waals surface area contributed by atoms with Gasteiger partial charge in [0.1, 0.15) is 0 Å². The summed E-state index contributed by atoms with van der Waals surface area (Å²) in [5.41, 5.74) is 0. The van der Waals surface area contributed by atoms with Gasteiger partial charge in [0.15, 0.2) is 0 Å². The minimum atomic E-state index is -3.43. The van der Waals surface area contributed by atoms with Crippen molar-refractivity contribution in [2.45, 2.75) is 26.3 Å². The van der Waals surface area contributed by atoms with Crippen LogP contribution in [-0.4, -0.2) is 33.2 Å². The number of hydrogen-bond donors (Lipinski definition) is 2. The zero-order chi connectivity index (χ0) is 10.5. The number of sulfonamides is 1. The molecule has 0 aliphatic heterocycles. The first-order valence-electron chi connectivity index (χ1n) is 4.14. The van der Waals surface area contributed by atoms with E-state index in [4.69, 9.17) is 0 Å². The smallest absolute Gasteiger partial charge is 0.250 e. The highest BCUT2D eigenvalue weighted by Gasteiger charge is 2.17. The van der Waals surface area contributed by atoms with Crippen LogP contribution >= 0.6 is 0 Å². The quantitative estimate of drug-likeness (QED) is 0.635. The van der Waals surface area contributed by atoms with E-state index < -0.39 is 22.0 Å². The molecular formula is C7H16N2O3S. The number of carbonyl (C=O) groups is 1. The molecule has 78 valence electrons. The Bertz CT molecular complexity index is 261. The Morgan fingerprint density at radius 2 is 2.00 bits per heavy atom. The lowest BCUT2D eigenvalue weighted by Crippen LogP contribution is -2.43. The van der Waals surface area contributed by atoms with Gasteiger partial charge in [-0.2, -0.15) is 0 Å². The fraction of sp³-hybridized carbons (Fsp3) is 0.857. The highest BCUT2D eigenvalue weighted by Crippen LogP contribution is 1.90. The zero-order valence-electron chi connectivity index (χ0n) is 8.12. The molecule has 0 bridgehead atoms. The summed E-state index contributed by atoms with van der Waals surface area (Å²) in [6, 6.07) is -0.494. The van der Waals surface area contributed by atoms with E-state index >= 15 is 0 Å². The van der Waals surface area contributed by atoms with E-state index in [0.29, 0.717) is 6.42 Å². The Balaban J connectivity index is 4.20. The number of amides is 1. The first kappa shape index (κ1) is 12.4. The molecule has 1 unspecified atom stereocenters. The van der Waals surface area contributed by atoms with Crippen LogP contribution in [0.15, 0.2) is 0 Å². The lowest BCUT2D eigenvalue weighted by molar-refractivity contribution is -0.120. The summed E-state index contributed by atoms with van der Waals surface area (Å²) in [6.07, 6.45) is 0.497. The van der Waals surface area contributed by atoms with Crippen LogP contribution in [-0.2, 0) is 14.8 Å². The molecule has 5 nitrogen and oxygen atoms in total. The number of hydrogen-bond acceptors (Lipinski definition) is 4. The maximum atomic E-state index is 11.1. The van der Waals surface area contributed by atoms with Crippen LogP contribution in [0.4, 0.5) is 0 Å². The largest absolute Gasteiger partial charge is 0.309 e. The second-order valence-electron chi connectivity index (χ2n) is 2.80. The van der Waals surface area contributed by atoms with Crippen molar-refractivity contribution in [2.24, 2.45) is 0 Å². The predicted molar refractivity (Wildman–Crippen MR) is 50.7 cm³/mol. The van der Waals surface area contributed by atoms with Crippen molar-refractivity contribution in [1.82, 2.24) is 10.0 Å². The van der Waals surface area contributed by atoms with Gasteiger partial charge in [-0.3, -0.25) is 9.52 Å². The molecule has 0 aromatic rings. The lowest BCUT2D eigenvalue weighted by atomic mass is 10.3. The Morgan fingerprint density at radius 3 is 2.38 bits per heavy atom. The van der Waals surface area contributed by atoms with E-state index in [-0.39, 0.29) is 5.75 Å². The molecule has 0 heterocycles. The van der Waals surface area contributed by atoms with Crippen molar-refractivity contribution in [1.29, 1.82) is 0 Å². The molecule has 0 aromatic carbocycles. The van der Waals surface area contributed by atoms with E-state index in [1.807, 2.05) is 4.72 Å². The molecule has 0 aliphatic carbocycles. The van der Waals surface area contributed by atoms with Crippen molar-refractivity contribution in [3.8, 4) is 0 Å². The van der Waals surface area contributed by atoms with Gasteiger partial charge in [0.05, 0.1) is 11.8 Å². The zero-order valence-corrected chi connectivity index (χ0v) is 8.94. The summed E-state index contributed by atoms with van der Waals surface area (Å²) in [4.78, 5) is 11.1. The first-order chi connectivity index (χ1) is 5.93. The minimum absolute atomic E-state index is 0.0187. The molecule has 0 saturated carbocycles. The second kappa shape index (κ2) is 5.18. The highest BCUT2D eigenvalue weighted by atomic mass is 32.2. The van der Waals surface area contributed by atoms with Crippen molar-refractivity contribution in [3.63, 3.8) is 0 Å². The fourth-order valence-electron chi connectivity index (χ4n) is 0.693. The van der Waals surface area contributed by atoms with Crippen LogP contribution in [0.3, 0.4) is 0 Å². The summed E-state index contributed by atoms with van der Waals surface area (Å²) < 4.78 is 24.2. The Kier molecular flexibility index (Phi) is 4.94. The maximum absolute atomic E-state index is 11.1. The molecule has 13 heavy (non-hydrogen) atoms. The lowest BCUT2D eigenvalue weighted by Gasteiger charge is -2.10. The summed E-state index contributed by atoms with van der Waals surface area (Å²) >= 11 is 0. The van der Waals surface area contributed by atoms with Crippen molar-refractivity contribution in [3.05, 3.63) is 0 Å². The highest BCUT2D eigenvalue weighted by molar-refractivity contribution is 7.90. The molecule has 0 fully saturated rings. The van der Waals surface area contributed by atoms with Crippen LogP contribution < -0.4 is 10.0 Å². The van der Waals surface area contributed by atoms with E-state index in [9.17, 15) is 13.2 Å². The van der Waals surface area contributed by atoms with E-state index in [1.165, 1.54) is 0 Å². The molecule has 0 saturated heterocycles. The molecule has 0 aromatic heterocycles. The van der Waals surface area contributed by atoms with Crippen LogP contribution in [0, 0.1) is 0 Å². The normalized spacial score (nSPS) is 13.8. The third-order valence-electron chi connectivity index (χ3n) is 1.56. The second-order valence-corrected chi connectivity index (χ2v) is 4.64. The van der Waals surface area contributed by atoms with E-state index in [0.717, 1.165) is 0 Å². The standard InChI is InChI=1S/C7H16N2O3S/c1-4-5-13(11,12)9-7(10)6(2)8-3/h6,8H,4-5H2,1-3H3,(H,9,10). The van der Waals surface area contributed by atoms with Crippen molar-refractivity contribution < 1.29 is 13.2 Å². The van der Waals surface area contributed by atoms with Crippen LogP contribution in [0.2, 0.25) is 0 Å². The molecule has 2 N–H and O–H groups in total. The number of nitrogens with one attached hydrogen (secondary N) is 2. The molecule has 0 radical (unpaired) electrons. The molecular weight excluding hydrogens is 192 g/mol. The first-order valence-corrected chi connectivity index (χ1v) is 5.79. The monoisotopic (exact) mass is 208 g/mol. The maximum Gasteiger partial charge on any atom is 0.250 e. The molecule has 0 spiro atoms. The average Bonchev–Trinajstić information content (AvgIpc) is 2.01. The van der Waals surface area contributed by atoms with Crippen molar-refractivity contribution in [2.75, 3.05) is 12.8 Å². The third kappa shape index (κ3) is 4.84. The van der Waals surface area contributed by atoms with Gasteiger partial charge in [-0.1, -0.05) is 6.92 Å². The van der Waals surface area contributed by atoms with Gasteiger partial charge in [-0.15, -0.1) is 0 Å². The number of likely N-dealkylation sites (N-methyl/N-ethyl adjacent to an activating group) is 1. The van der Waals surface area contributed by atoms with E-state index in [2.05, 4.69) is 5.32 Å². The van der Waals surface area contributed by atoms with Gasteiger partial charge >= 0.3 is 0 Å². The number of carbonyl (C=O) groups excluding carboxylic acids is 1. The topological polar surface area (TPSA) is 75.3 Å². The summed E-state index contributed by atoms with van der Waals surface area (Å²) in [5.74, 6) is -0.536. The van der Waals surface area contributed by atoms with Gasteiger partial charge in [0.25, 0.3) is 0 Å². The van der Waals surface area contributed by atoms with Crippen molar-refractivity contribution >= 4 is 15.9 Å². The summed E-state index contributed by atoms with van der Waals surface area (Å²) in [7, 11) is -1.83. The third-order valence-corrected chi connectivity index (χ3v) is 3.01. The van der Waals surface area contributed by atoms with Gasteiger partial charge in [-0.25, -0.2) is 8.42 Å². The van der Waals surface area contributed by atoms with Gasteiger partial charge in [0, 0.05) is 0 Å². The molecule has 1 amide bonds. The average molecular weight is 208 g/mol. The Morgan fingerprint density at radius 1 is 1.46 bits per heavy atom. The van der Waals surface area contributed by atoms with Crippen LogP contribution in [0.5, 0.6) is 0 Å². The Hall–Kier alpha value is -0.620. The SMILES string of the molecule is CCCS(=O)(=O)NC(=O)C(C)NC. The van der Waals surface area contributed by atoms with Gasteiger partial charge < -0.3 is 5.32 Å². The molecule has 0 rings (SSSR count). The Labute approximate surface area is 79.0 Å². The summed E-state index contributed by atoms with van der Waals surface area (Å²) in [6.45, 7) is 3.34. The molecule has 6 heteroatoms. The molecule has 1 atom stereocenters. The molecule has 0 aliphatic rings. The predicted octanol–water partition coefficient (Wildman–Crippen LogP) is -0.550. The minimum Gasteiger partial charge on any atom is -0.309 e. The fourth-order valence-corrected chi connectivity index (χ4v) is 1.82. The van der Waals surface area contributed by atoms with Crippen LogP contribution in [0.25, 0.3) is 0 Å². The van der Waals surface area contributed by atoms with Crippen LogP contribution in [0.1, 0.15) is 20.3 Å². The van der Waals surface area contributed by atoms with Gasteiger partial charge in [0.2, 0.25) is 15.9 Å². The van der Waals surface area contributed by atoms with Gasteiger partial charge in [-0.05, 0) is 20.4 Å².